The average Bonchev–Trinajstić information content (AvgIpc) is 2.62. The lowest BCUT2D eigenvalue weighted by atomic mass is 10.2. The number of nitrogens with zero attached hydrogens (tertiary/aromatic N) is 1. The van der Waals surface area contributed by atoms with Gasteiger partial charge in [-0.15, -0.1) is 0 Å². The summed E-state index contributed by atoms with van der Waals surface area (Å²) in [6.07, 6.45) is 1.67. The predicted octanol–water partition coefficient (Wildman–Crippen LogP) is 4.08. The molecule has 1 amide bonds. The molecule has 2 rings (SSSR count). The molecule has 100 valence electrons. The number of anilines is 1. The van der Waals surface area contributed by atoms with Gasteiger partial charge in [0.2, 0.25) is 0 Å². The molecule has 0 atom stereocenters. The fraction of sp³-hybridized carbons (Fsp3) is 0.0833. The number of carbonyl (C=O) groups excluding carboxylic acids is 1. The van der Waals surface area contributed by atoms with E-state index >= 15 is 0 Å². The van der Waals surface area contributed by atoms with Gasteiger partial charge >= 0.3 is 0 Å². The summed E-state index contributed by atoms with van der Waals surface area (Å²) < 4.78 is 29.7. The van der Waals surface area contributed by atoms with Crippen molar-refractivity contribution in [3.8, 4) is 0 Å². The van der Waals surface area contributed by atoms with E-state index in [1.54, 1.807) is 23.9 Å². The summed E-state index contributed by atoms with van der Waals surface area (Å²) in [5, 5.41) is 2.22. The lowest BCUT2D eigenvalue weighted by Gasteiger charge is -2.08. The highest BCUT2D eigenvalue weighted by atomic mass is 79.9. The number of aromatic nitrogens is 1. The van der Waals surface area contributed by atoms with Crippen LogP contribution in [0, 0.1) is 11.6 Å². The molecule has 1 heterocycles. The van der Waals surface area contributed by atoms with Gasteiger partial charge in [0.05, 0.1) is 0 Å². The Bertz CT molecular complexity index is 632. The van der Waals surface area contributed by atoms with Crippen LogP contribution >= 0.6 is 31.9 Å². The summed E-state index contributed by atoms with van der Waals surface area (Å²) in [5.41, 5.74) is -0.181. The van der Waals surface area contributed by atoms with Crippen molar-refractivity contribution in [3.05, 3.63) is 50.7 Å². The highest BCUT2D eigenvalue weighted by molar-refractivity contribution is 9.10. The Kier molecular flexibility index (Phi) is 4.05. The number of aryl methyl sites for hydroxylation is 1. The molecule has 3 nitrogen and oxygen atoms in total. The van der Waals surface area contributed by atoms with Gasteiger partial charge in [0.15, 0.2) is 11.6 Å². The van der Waals surface area contributed by atoms with Crippen molar-refractivity contribution in [2.24, 2.45) is 7.05 Å². The number of amides is 1. The predicted molar refractivity (Wildman–Crippen MR) is 75.1 cm³/mol. The normalized spacial score (nSPS) is 10.6. The van der Waals surface area contributed by atoms with Crippen LogP contribution in [0.2, 0.25) is 0 Å². The van der Waals surface area contributed by atoms with Gasteiger partial charge in [-0.2, -0.15) is 0 Å². The molecule has 0 aliphatic heterocycles. The molecular formula is C12H8Br2F2N2O. The Hall–Kier alpha value is -1.21. The minimum atomic E-state index is -0.839. The van der Waals surface area contributed by atoms with Crippen molar-refractivity contribution >= 4 is 43.5 Å². The summed E-state index contributed by atoms with van der Waals surface area (Å²) in [6.45, 7) is 0. The summed E-state index contributed by atoms with van der Waals surface area (Å²) in [7, 11) is 1.66. The van der Waals surface area contributed by atoms with E-state index in [4.69, 9.17) is 0 Å². The first-order chi connectivity index (χ1) is 8.88. The molecule has 0 saturated carbocycles. The molecule has 2 aromatic rings. The summed E-state index contributed by atoms with van der Waals surface area (Å²) >= 11 is 6.19. The molecule has 0 aliphatic carbocycles. The minimum Gasteiger partial charge on any atom is -0.345 e. The summed E-state index contributed by atoms with van der Waals surface area (Å²) in [4.78, 5) is 11.9. The number of rotatable bonds is 2. The molecule has 0 radical (unpaired) electrons. The van der Waals surface area contributed by atoms with Crippen molar-refractivity contribution < 1.29 is 13.6 Å². The van der Waals surface area contributed by atoms with Crippen LogP contribution in [0.15, 0.2) is 33.3 Å². The molecule has 0 bridgehead atoms. The van der Waals surface area contributed by atoms with Gasteiger partial charge in [-0.05, 0) is 34.1 Å². The van der Waals surface area contributed by atoms with Crippen LogP contribution in [0.4, 0.5) is 14.5 Å². The van der Waals surface area contributed by atoms with Crippen molar-refractivity contribution in [2.45, 2.75) is 0 Å². The van der Waals surface area contributed by atoms with Crippen LogP contribution in [-0.4, -0.2) is 10.5 Å². The highest BCUT2D eigenvalue weighted by Gasteiger charge is 2.17. The van der Waals surface area contributed by atoms with E-state index in [1.165, 1.54) is 0 Å². The number of hydrogen-bond donors (Lipinski definition) is 1. The quantitative estimate of drug-likeness (QED) is 0.819. The highest BCUT2D eigenvalue weighted by Crippen LogP contribution is 2.24. The zero-order valence-corrected chi connectivity index (χ0v) is 12.8. The number of hydrogen-bond acceptors (Lipinski definition) is 1. The third-order valence-corrected chi connectivity index (χ3v) is 3.34. The maximum absolute atomic E-state index is 13.6. The van der Waals surface area contributed by atoms with Gasteiger partial charge in [0.25, 0.3) is 5.91 Å². The Morgan fingerprint density at radius 2 is 1.74 bits per heavy atom. The van der Waals surface area contributed by atoms with E-state index in [1.807, 2.05) is 0 Å². The third kappa shape index (κ3) is 3.03. The van der Waals surface area contributed by atoms with Crippen LogP contribution in [0.1, 0.15) is 10.5 Å². The number of benzene rings is 1. The van der Waals surface area contributed by atoms with E-state index in [0.717, 1.165) is 12.1 Å². The van der Waals surface area contributed by atoms with Crippen LogP contribution in [0.25, 0.3) is 0 Å². The van der Waals surface area contributed by atoms with Crippen molar-refractivity contribution in [3.63, 3.8) is 0 Å². The van der Waals surface area contributed by atoms with E-state index in [-0.39, 0.29) is 10.2 Å². The molecular weight excluding hydrogens is 386 g/mol. The molecule has 1 aromatic heterocycles. The smallest absolute Gasteiger partial charge is 0.272 e. The maximum Gasteiger partial charge on any atom is 0.272 e. The first-order valence-corrected chi connectivity index (χ1v) is 6.75. The zero-order chi connectivity index (χ0) is 14.2. The Balaban J connectivity index is 2.32. The van der Waals surface area contributed by atoms with Crippen LogP contribution < -0.4 is 5.32 Å². The third-order valence-electron chi connectivity index (χ3n) is 2.45. The van der Waals surface area contributed by atoms with Crippen LogP contribution in [-0.2, 0) is 7.05 Å². The van der Waals surface area contributed by atoms with E-state index in [0.29, 0.717) is 4.47 Å². The minimum absolute atomic E-state index is 0.266. The molecule has 1 aromatic carbocycles. The molecule has 0 unspecified atom stereocenters. The second-order valence-electron chi connectivity index (χ2n) is 3.85. The van der Waals surface area contributed by atoms with E-state index in [2.05, 4.69) is 37.2 Å². The van der Waals surface area contributed by atoms with Gasteiger partial charge in [-0.1, -0.05) is 15.9 Å². The van der Waals surface area contributed by atoms with Crippen molar-refractivity contribution in [2.75, 3.05) is 5.32 Å². The van der Waals surface area contributed by atoms with Gasteiger partial charge < -0.3 is 9.88 Å². The Morgan fingerprint density at radius 1 is 1.16 bits per heavy atom. The van der Waals surface area contributed by atoms with E-state index in [9.17, 15) is 13.6 Å². The Labute approximate surface area is 124 Å². The zero-order valence-electron chi connectivity index (χ0n) is 9.68. The topological polar surface area (TPSA) is 34.0 Å². The van der Waals surface area contributed by atoms with Crippen LogP contribution in [0.3, 0.4) is 0 Å². The fourth-order valence-electron chi connectivity index (χ4n) is 1.59. The van der Waals surface area contributed by atoms with Gasteiger partial charge in [-0.3, -0.25) is 4.79 Å². The average molecular weight is 394 g/mol. The molecule has 0 saturated heterocycles. The Morgan fingerprint density at radius 3 is 2.21 bits per heavy atom. The van der Waals surface area contributed by atoms with Gasteiger partial charge in [0.1, 0.15) is 11.4 Å². The lowest BCUT2D eigenvalue weighted by Crippen LogP contribution is -2.17. The van der Waals surface area contributed by atoms with Crippen molar-refractivity contribution in [1.82, 2.24) is 4.57 Å². The second-order valence-corrected chi connectivity index (χ2v) is 5.68. The lowest BCUT2D eigenvalue weighted by molar-refractivity contribution is 0.101. The SMILES string of the molecule is Cn1cc(Br)cc1C(=O)Nc1c(F)cc(Br)cc1F. The number of carbonyl (C=O) groups is 1. The first-order valence-electron chi connectivity index (χ1n) is 5.16. The molecule has 0 spiro atoms. The van der Waals surface area contributed by atoms with E-state index < -0.39 is 23.2 Å². The number of halogens is 4. The van der Waals surface area contributed by atoms with Gasteiger partial charge in [-0.25, -0.2) is 8.78 Å². The molecule has 0 aliphatic rings. The maximum atomic E-state index is 13.6. The van der Waals surface area contributed by atoms with Crippen molar-refractivity contribution in [1.29, 1.82) is 0 Å². The fourth-order valence-corrected chi connectivity index (χ4v) is 2.52. The summed E-state index contributed by atoms with van der Waals surface area (Å²) in [5.74, 6) is -2.27. The monoisotopic (exact) mass is 392 g/mol. The first kappa shape index (κ1) is 14.2. The molecule has 0 fully saturated rings. The summed E-state index contributed by atoms with van der Waals surface area (Å²) in [6, 6.07) is 3.73. The van der Waals surface area contributed by atoms with Crippen LogP contribution in [0.5, 0.6) is 0 Å². The number of nitrogens with one attached hydrogen (secondary N) is 1. The molecule has 7 heteroatoms. The van der Waals surface area contributed by atoms with Gasteiger partial charge in [0, 0.05) is 22.2 Å². The molecule has 1 N–H and O–H groups in total. The largest absolute Gasteiger partial charge is 0.345 e. The molecule has 19 heavy (non-hydrogen) atoms. The second kappa shape index (κ2) is 5.42. The standard InChI is InChI=1S/C12H8Br2F2N2O/c1-18-5-7(14)4-10(18)12(19)17-11-8(15)2-6(13)3-9(11)16/h2-5H,1H3,(H,17,19).